The highest BCUT2D eigenvalue weighted by Gasteiger charge is 2.27. The molecule has 0 bridgehead atoms. The van der Waals surface area contributed by atoms with Gasteiger partial charge in [0.2, 0.25) is 0 Å². The van der Waals surface area contributed by atoms with Crippen LogP contribution < -0.4 is 4.90 Å². The molecule has 0 unspecified atom stereocenters. The van der Waals surface area contributed by atoms with Crippen molar-refractivity contribution in [3.8, 4) is 11.3 Å². The van der Waals surface area contributed by atoms with E-state index >= 15 is 0 Å². The van der Waals surface area contributed by atoms with Crippen molar-refractivity contribution < 1.29 is 13.7 Å². The van der Waals surface area contributed by atoms with Crippen LogP contribution in [0.1, 0.15) is 10.4 Å². The Labute approximate surface area is 150 Å². The molecule has 0 aliphatic carbocycles. The lowest BCUT2D eigenvalue weighted by Gasteiger charge is -2.36. The van der Waals surface area contributed by atoms with Crippen LogP contribution in [0.4, 0.5) is 10.1 Å². The summed E-state index contributed by atoms with van der Waals surface area (Å²) in [6.07, 6.45) is 1.47. The highest BCUT2D eigenvalue weighted by molar-refractivity contribution is 5.99. The summed E-state index contributed by atoms with van der Waals surface area (Å²) >= 11 is 0. The second-order valence-corrected chi connectivity index (χ2v) is 6.17. The van der Waals surface area contributed by atoms with Gasteiger partial charge in [-0.25, -0.2) is 4.39 Å². The van der Waals surface area contributed by atoms with Crippen LogP contribution in [0.25, 0.3) is 11.3 Å². The average molecular weight is 351 g/mol. The van der Waals surface area contributed by atoms with Crippen molar-refractivity contribution in [2.75, 3.05) is 31.1 Å². The topological polar surface area (TPSA) is 49.6 Å². The zero-order chi connectivity index (χ0) is 17.9. The van der Waals surface area contributed by atoms with E-state index in [2.05, 4.69) is 5.16 Å². The quantitative estimate of drug-likeness (QED) is 0.725. The van der Waals surface area contributed by atoms with E-state index in [-0.39, 0.29) is 11.7 Å². The third-order valence-electron chi connectivity index (χ3n) is 4.60. The number of anilines is 1. The number of benzene rings is 2. The van der Waals surface area contributed by atoms with Gasteiger partial charge in [-0.2, -0.15) is 0 Å². The largest absolute Gasteiger partial charge is 0.366 e. The molecule has 4 rings (SSSR count). The maximum absolute atomic E-state index is 14.0. The minimum atomic E-state index is -0.238. The number of amides is 1. The molecule has 1 amide bonds. The molecule has 5 nitrogen and oxygen atoms in total. The molecule has 1 aliphatic heterocycles. The summed E-state index contributed by atoms with van der Waals surface area (Å²) < 4.78 is 19.3. The molecular weight excluding hydrogens is 333 g/mol. The maximum Gasteiger partial charge on any atom is 0.259 e. The third-order valence-corrected chi connectivity index (χ3v) is 4.60. The number of para-hydroxylation sites is 1. The van der Waals surface area contributed by atoms with Crippen LogP contribution in [0, 0.1) is 5.82 Å². The van der Waals surface area contributed by atoms with E-state index in [9.17, 15) is 9.18 Å². The molecule has 1 aliphatic rings. The summed E-state index contributed by atoms with van der Waals surface area (Å²) in [6, 6.07) is 16.2. The SMILES string of the molecule is O=C(c1cnoc1-c1ccccc1)N1CCN(c2ccccc2F)CC1. The van der Waals surface area contributed by atoms with Crippen LogP contribution in [0.15, 0.2) is 65.3 Å². The van der Waals surface area contributed by atoms with Gasteiger partial charge in [0.1, 0.15) is 11.4 Å². The molecule has 132 valence electrons. The van der Waals surface area contributed by atoms with Crippen molar-refractivity contribution in [2.45, 2.75) is 0 Å². The second kappa shape index (κ2) is 7.00. The first-order valence-corrected chi connectivity index (χ1v) is 8.53. The summed E-state index contributed by atoms with van der Waals surface area (Å²) in [5.41, 5.74) is 1.85. The zero-order valence-corrected chi connectivity index (χ0v) is 14.1. The molecular formula is C20H18FN3O2. The van der Waals surface area contributed by atoms with E-state index in [1.165, 1.54) is 12.3 Å². The number of carbonyl (C=O) groups is 1. The Bertz CT molecular complexity index is 902. The van der Waals surface area contributed by atoms with Crippen LogP contribution in [-0.4, -0.2) is 42.1 Å². The Balaban J connectivity index is 1.48. The Morgan fingerprint density at radius 1 is 0.962 bits per heavy atom. The molecule has 0 radical (unpaired) electrons. The zero-order valence-electron chi connectivity index (χ0n) is 14.1. The summed E-state index contributed by atoms with van der Waals surface area (Å²) in [4.78, 5) is 16.6. The summed E-state index contributed by atoms with van der Waals surface area (Å²) in [5, 5.41) is 3.81. The van der Waals surface area contributed by atoms with Gasteiger partial charge < -0.3 is 14.3 Å². The number of halogens is 1. The molecule has 1 fully saturated rings. The number of rotatable bonds is 3. The normalized spacial score (nSPS) is 14.5. The monoisotopic (exact) mass is 351 g/mol. The molecule has 0 saturated carbocycles. The van der Waals surface area contributed by atoms with Gasteiger partial charge in [-0.15, -0.1) is 0 Å². The van der Waals surface area contributed by atoms with Gasteiger partial charge in [-0.05, 0) is 12.1 Å². The van der Waals surface area contributed by atoms with Crippen molar-refractivity contribution in [1.82, 2.24) is 10.1 Å². The van der Waals surface area contributed by atoms with Crippen LogP contribution in [0.2, 0.25) is 0 Å². The van der Waals surface area contributed by atoms with Gasteiger partial charge in [0, 0.05) is 31.7 Å². The van der Waals surface area contributed by atoms with Gasteiger partial charge in [0.25, 0.3) is 5.91 Å². The molecule has 0 spiro atoms. The van der Waals surface area contributed by atoms with Crippen molar-refractivity contribution in [2.24, 2.45) is 0 Å². The average Bonchev–Trinajstić information content (AvgIpc) is 3.18. The Kier molecular flexibility index (Phi) is 4.39. The molecule has 6 heteroatoms. The lowest BCUT2D eigenvalue weighted by Crippen LogP contribution is -2.49. The van der Waals surface area contributed by atoms with Gasteiger partial charge >= 0.3 is 0 Å². The fourth-order valence-electron chi connectivity index (χ4n) is 3.22. The number of hydrogen-bond donors (Lipinski definition) is 0. The number of carbonyl (C=O) groups excluding carboxylic acids is 1. The van der Waals surface area contributed by atoms with Crippen molar-refractivity contribution >= 4 is 11.6 Å². The fourth-order valence-corrected chi connectivity index (χ4v) is 3.22. The van der Waals surface area contributed by atoms with Crippen molar-refractivity contribution in [3.63, 3.8) is 0 Å². The van der Waals surface area contributed by atoms with Crippen LogP contribution in [0.5, 0.6) is 0 Å². The van der Waals surface area contributed by atoms with E-state index in [0.717, 1.165) is 5.56 Å². The molecule has 0 N–H and O–H groups in total. The highest BCUT2D eigenvalue weighted by atomic mass is 19.1. The first-order valence-electron chi connectivity index (χ1n) is 8.53. The van der Waals surface area contributed by atoms with Gasteiger partial charge in [0.15, 0.2) is 5.76 Å². The Morgan fingerprint density at radius 3 is 2.38 bits per heavy atom. The molecule has 1 aromatic heterocycles. The standard InChI is InChI=1S/C20H18FN3O2/c21-17-8-4-5-9-18(17)23-10-12-24(13-11-23)20(25)16-14-22-26-19(16)15-6-2-1-3-7-15/h1-9,14H,10-13H2. The smallest absolute Gasteiger partial charge is 0.259 e. The molecule has 26 heavy (non-hydrogen) atoms. The predicted octanol–water partition coefficient (Wildman–Crippen LogP) is 3.44. The number of hydrogen-bond acceptors (Lipinski definition) is 4. The highest BCUT2D eigenvalue weighted by Crippen LogP contribution is 2.26. The van der Waals surface area contributed by atoms with Crippen LogP contribution in [-0.2, 0) is 0 Å². The fraction of sp³-hybridized carbons (Fsp3) is 0.200. The molecule has 3 aromatic rings. The number of aromatic nitrogens is 1. The van der Waals surface area contributed by atoms with E-state index in [4.69, 9.17) is 4.52 Å². The molecule has 0 atom stereocenters. The van der Waals surface area contributed by atoms with E-state index < -0.39 is 0 Å². The first kappa shape index (κ1) is 16.3. The van der Waals surface area contributed by atoms with Crippen molar-refractivity contribution in [1.29, 1.82) is 0 Å². The molecule has 1 saturated heterocycles. The molecule has 2 heterocycles. The van der Waals surface area contributed by atoms with E-state index in [0.29, 0.717) is 43.2 Å². The molecule has 2 aromatic carbocycles. The summed E-state index contributed by atoms with van der Waals surface area (Å²) in [7, 11) is 0. The third kappa shape index (κ3) is 3.06. The van der Waals surface area contributed by atoms with E-state index in [1.807, 2.05) is 41.3 Å². The summed E-state index contributed by atoms with van der Waals surface area (Å²) in [5.74, 6) is 0.128. The number of nitrogens with zero attached hydrogens (tertiary/aromatic N) is 3. The van der Waals surface area contributed by atoms with Crippen LogP contribution >= 0.6 is 0 Å². The Morgan fingerprint density at radius 2 is 1.65 bits per heavy atom. The van der Waals surface area contributed by atoms with Crippen LogP contribution in [0.3, 0.4) is 0 Å². The summed E-state index contributed by atoms with van der Waals surface area (Å²) in [6.45, 7) is 2.20. The Hall–Kier alpha value is -3.15. The number of piperazine rings is 1. The van der Waals surface area contributed by atoms with E-state index in [1.54, 1.807) is 17.0 Å². The predicted molar refractivity (Wildman–Crippen MR) is 96.5 cm³/mol. The lowest BCUT2D eigenvalue weighted by atomic mass is 10.1. The van der Waals surface area contributed by atoms with Gasteiger partial charge in [-0.3, -0.25) is 4.79 Å². The minimum Gasteiger partial charge on any atom is -0.366 e. The minimum absolute atomic E-state index is 0.113. The van der Waals surface area contributed by atoms with Gasteiger partial charge in [0.05, 0.1) is 11.9 Å². The lowest BCUT2D eigenvalue weighted by molar-refractivity contribution is 0.0747. The maximum atomic E-state index is 14.0. The van der Waals surface area contributed by atoms with Gasteiger partial charge in [-0.1, -0.05) is 47.6 Å². The van der Waals surface area contributed by atoms with Crippen molar-refractivity contribution in [3.05, 3.63) is 72.2 Å². The second-order valence-electron chi connectivity index (χ2n) is 6.17. The first-order chi connectivity index (χ1) is 12.7.